The molecule has 1 amide bonds. The van der Waals surface area contributed by atoms with E-state index in [1.165, 1.54) is 0 Å². The Morgan fingerprint density at radius 3 is 2.83 bits per heavy atom. The third-order valence-electron chi connectivity index (χ3n) is 4.33. The van der Waals surface area contributed by atoms with Gasteiger partial charge in [0.05, 0.1) is 5.69 Å². The van der Waals surface area contributed by atoms with Gasteiger partial charge in [-0.15, -0.1) is 0 Å². The van der Waals surface area contributed by atoms with Gasteiger partial charge in [-0.1, -0.05) is 17.7 Å². The lowest BCUT2D eigenvalue weighted by atomic mass is 10.0. The Hall–Kier alpha value is -1.85. The molecule has 0 atom stereocenters. The molecule has 1 aliphatic rings. The van der Waals surface area contributed by atoms with Crippen molar-refractivity contribution in [3.8, 4) is 11.5 Å². The van der Waals surface area contributed by atoms with Crippen LogP contribution < -0.4 is 5.32 Å². The number of piperidine rings is 1. The quantitative estimate of drug-likeness (QED) is 0.920. The molecule has 0 saturated carbocycles. The molecule has 1 fully saturated rings. The van der Waals surface area contributed by atoms with Crippen LogP contribution in [-0.4, -0.2) is 34.9 Å². The minimum absolute atomic E-state index is 0.0481. The first kappa shape index (κ1) is 17.0. The van der Waals surface area contributed by atoms with Crippen LogP contribution in [0, 0.1) is 6.92 Å². The third-order valence-corrected chi connectivity index (χ3v) is 4.57. The third kappa shape index (κ3) is 4.16. The van der Waals surface area contributed by atoms with E-state index in [9.17, 15) is 4.79 Å². The fourth-order valence-corrected chi connectivity index (χ4v) is 3.24. The zero-order chi connectivity index (χ0) is 17.1. The second-order valence-electron chi connectivity index (χ2n) is 6.28. The van der Waals surface area contributed by atoms with Crippen LogP contribution in [0.1, 0.15) is 31.2 Å². The number of aromatic nitrogens is 1. The number of amides is 1. The van der Waals surface area contributed by atoms with E-state index in [1.807, 2.05) is 31.2 Å². The molecule has 0 spiro atoms. The number of nitrogens with one attached hydrogen (secondary N) is 1. The van der Waals surface area contributed by atoms with Crippen molar-refractivity contribution in [2.24, 2.45) is 0 Å². The summed E-state index contributed by atoms with van der Waals surface area (Å²) in [4.78, 5) is 18.1. The molecule has 6 heteroatoms. The molecule has 24 heavy (non-hydrogen) atoms. The van der Waals surface area contributed by atoms with E-state index in [0.717, 1.165) is 49.5 Å². The maximum absolute atomic E-state index is 11.1. The molecule has 2 aromatic rings. The summed E-state index contributed by atoms with van der Waals surface area (Å²) in [5, 5.41) is 3.67. The lowest BCUT2D eigenvalue weighted by Gasteiger charge is -2.31. The summed E-state index contributed by atoms with van der Waals surface area (Å²) in [5.41, 5.74) is 1.85. The number of carbonyl (C=O) groups is 1. The largest absolute Gasteiger partial charge is 0.441 e. The fourth-order valence-electron chi connectivity index (χ4n) is 3.05. The number of hydrogen-bond acceptors (Lipinski definition) is 4. The van der Waals surface area contributed by atoms with Gasteiger partial charge in [0.15, 0.2) is 0 Å². The van der Waals surface area contributed by atoms with Gasteiger partial charge in [-0.25, -0.2) is 4.98 Å². The van der Waals surface area contributed by atoms with E-state index in [0.29, 0.717) is 17.0 Å². The van der Waals surface area contributed by atoms with E-state index >= 15 is 0 Å². The number of oxazole rings is 1. The topological polar surface area (TPSA) is 58.4 Å². The molecule has 1 aromatic carbocycles. The number of benzene rings is 1. The summed E-state index contributed by atoms with van der Waals surface area (Å²) in [7, 11) is 0. The van der Waals surface area contributed by atoms with Crippen molar-refractivity contribution in [1.29, 1.82) is 0 Å². The Labute approximate surface area is 147 Å². The zero-order valence-electron chi connectivity index (χ0n) is 14.0. The normalized spacial score (nSPS) is 16.3. The number of halogens is 1. The minimum Gasteiger partial charge on any atom is -0.441 e. The second-order valence-corrected chi connectivity index (χ2v) is 6.72. The number of rotatable bonds is 4. The summed E-state index contributed by atoms with van der Waals surface area (Å²) >= 11 is 6.04. The predicted molar refractivity (Wildman–Crippen MR) is 93.8 cm³/mol. The molecule has 1 aliphatic heterocycles. The van der Waals surface area contributed by atoms with Crippen molar-refractivity contribution in [3.63, 3.8) is 0 Å². The van der Waals surface area contributed by atoms with Gasteiger partial charge in [-0.3, -0.25) is 9.69 Å². The molecule has 2 heterocycles. The van der Waals surface area contributed by atoms with Gasteiger partial charge in [0.2, 0.25) is 11.8 Å². The molecule has 1 N–H and O–H groups in total. The standard InChI is InChI=1S/C18H22ClN3O2/c1-12-17(11-22-8-6-16(7-9-22)20-13(2)23)21-18(24-12)14-4-3-5-15(19)10-14/h3-5,10,16H,6-9,11H2,1-2H3,(H,20,23). The Bertz CT molecular complexity index is 721. The minimum atomic E-state index is 0.0481. The first-order valence-corrected chi connectivity index (χ1v) is 8.61. The molecular formula is C18H22ClN3O2. The molecule has 0 unspecified atom stereocenters. The van der Waals surface area contributed by atoms with Crippen molar-refractivity contribution in [2.45, 2.75) is 39.3 Å². The SMILES string of the molecule is CC(=O)NC1CCN(Cc2nc(-c3cccc(Cl)c3)oc2C)CC1. The molecule has 0 bridgehead atoms. The zero-order valence-corrected chi connectivity index (χ0v) is 14.8. The van der Waals surface area contributed by atoms with Crippen molar-refractivity contribution in [1.82, 2.24) is 15.2 Å². The maximum Gasteiger partial charge on any atom is 0.226 e. The van der Waals surface area contributed by atoms with Crippen LogP contribution in [0.3, 0.4) is 0 Å². The molecular weight excluding hydrogens is 326 g/mol. The molecule has 0 aliphatic carbocycles. The van der Waals surface area contributed by atoms with Crippen molar-refractivity contribution in [2.75, 3.05) is 13.1 Å². The highest BCUT2D eigenvalue weighted by molar-refractivity contribution is 6.30. The summed E-state index contributed by atoms with van der Waals surface area (Å²) in [6, 6.07) is 7.82. The Morgan fingerprint density at radius 2 is 2.17 bits per heavy atom. The van der Waals surface area contributed by atoms with Crippen LogP contribution in [0.15, 0.2) is 28.7 Å². The predicted octanol–water partition coefficient (Wildman–Crippen LogP) is 3.40. The summed E-state index contributed by atoms with van der Waals surface area (Å²) < 4.78 is 5.82. The van der Waals surface area contributed by atoms with Gasteiger partial charge >= 0.3 is 0 Å². The molecule has 3 rings (SSSR count). The summed E-state index contributed by atoms with van der Waals surface area (Å²) in [6.45, 7) is 6.18. The molecule has 0 radical (unpaired) electrons. The van der Waals surface area contributed by atoms with Crippen molar-refractivity contribution >= 4 is 17.5 Å². The Kier molecular flexibility index (Phi) is 5.21. The number of aryl methyl sites for hydroxylation is 1. The van der Waals surface area contributed by atoms with Gasteiger partial charge in [-0.2, -0.15) is 0 Å². The lowest BCUT2D eigenvalue weighted by molar-refractivity contribution is -0.119. The average Bonchev–Trinajstić information content (AvgIpc) is 2.90. The van der Waals surface area contributed by atoms with Gasteiger partial charge < -0.3 is 9.73 Å². The van der Waals surface area contributed by atoms with Crippen LogP contribution >= 0.6 is 11.6 Å². The molecule has 128 valence electrons. The first-order valence-electron chi connectivity index (χ1n) is 8.23. The van der Waals surface area contributed by atoms with Gasteiger partial charge in [0, 0.05) is 43.2 Å². The van der Waals surface area contributed by atoms with Crippen LogP contribution in [0.2, 0.25) is 5.02 Å². The average molecular weight is 348 g/mol. The molecule has 1 saturated heterocycles. The van der Waals surface area contributed by atoms with Crippen molar-refractivity contribution in [3.05, 3.63) is 40.7 Å². The Balaban J connectivity index is 1.63. The second kappa shape index (κ2) is 7.36. The molecule has 5 nitrogen and oxygen atoms in total. The lowest BCUT2D eigenvalue weighted by Crippen LogP contribution is -2.43. The van der Waals surface area contributed by atoms with Gasteiger partial charge in [-0.05, 0) is 38.0 Å². The van der Waals surface area contributed by atoms with E-state index in [2.05, 4.69) is 15.2 Å². The van der Waals surface area contributed by atoms with Crippen LogP contribution in [0.25, 0.3) is 11.5 Å². The smallest absolute Gasteiger partial charge is 0.226 e. The first-order chi connectivity index (χ1) is 11.5. The number of nitrogens with zero attached hydrogens (tertiary/aromatic N) is 2. The number of carbonyl (C=O) groups excluding carboxylic acids is 1. The highest BCUT2D eigenvalue weighted by Crippen LogP contribution is 2.25. The van der Waals surface area contributed by atoms with Crippen LogP contribution in [-0.2, 0) is 11.3 Å². The summed E-state index contributed by atoms with van der Waals surface area (Å²) in [6.07, 6.45) is 1.94. The van der Waals surface area contributed by atoms with Gasteiger partial charge in [0.1, 0.15) is 5.76 Å². The Morgan fingerprint density at radius 1 is 1.42 bits per heavy atom. The van der Waals surface area contributed by atoms with Crippen molar-refractivity contribution < 1.29 is 9.21 Å². The van der Waals surface area contributed by atoms with Crippen LogP contribution in [0.4, 0.5) is 0 Å². The highest BCUT2D eigenvalue weighted by atomic mass is 35.5. The number of likely N-dealkylation sites (tertiary alicyclic amines) is 1. The van der Waals surface area contributed by atoms with E-state index in [1.54, 1.807) is 6.92 Å². The monoisotopic (exact) mass is 347 g/mol. The van der Waals surface area contributed by atoms with Gasteiger partial charge in [0.25, 0.3) is 0 Å². The van der Waals surface area contributed by atoms with E-state index in [4.69, 9.17) is 16.0 Å². The maximum atomic E-state index is 11.1. The highest BCUT2D eigenvalue weighted by Gasteiger charge is 2.22. The van der Waals surface area contributed by atoms with Crippen LogP contribution in [0.5, 0.6) is 0 Å². The summed E-state index contributed by atoms with van der Waals surface area (Å²) in [5.74, 6) is 1.50. The van der Waals surface area contributed by atoms with E-state index < -0.39 is 0 Å². The van der Waals surface area contributed by atoms with E-state index in [-0.39, 0.29) is 5.91 Å². The molecule has 1 aromatic heterocycles. The fraction of sp³-hybridized carbons (Fsp3) is 0.444. The number of hydrogen-bond donors (Lipinski definition) is 1.